The summed E-state index contributed by atoms with van der Waals surface area (Å²) in [6, 6.07) is 0. The molecule has 0 atom stereocenters. The molecular weight excluding hydrogens is 310 g/mol. The molecule has 24 heavy (non-hydrogen) atoms. The van der Waals surface area contributed by atoms with Crippen molar-refractivity contribution in [1.29, 1.82) is 0 Å². The number of hydrogen-bond donors (Lipinski definition) is 0. The molecule has 4 heterocycles. The van der Waals surface area contributed by atoms with Crippen molar-refractivity contribution in [1.82, 2.24) is 23.4 Å². The number of aromatic nitrogens is 4. The van der Waals surface area contributed by atoms with E-state index < -0.39 is 0 Å². The first-order chi connectivity index (χ1) is 11.6. The van der Waals surface area contributed by atoms with E-state index in [0.717, 1.165) is 13.1 Å². The van der Waals surface area contributed by atoms with Crippen LogP contribution in [-0.4, -0.2) is 43.1 Å². The maximum absolute atomic E-state index is 12.9. The van der Waals surface area contributed by atoms with Crippen LogP contribution in [-0.2, 0) is 13.6 Å². The zero-order valence-electron chi connectivity index (χ0n) is 14.0. The summed E-state index contributed by atoms with van der Waals surface area (Å²) in [5.41, 5.74) is 0.112. The van der Waals surface area contributed by atoms with Gasteiger partial charge in [-0.25, -0.2) is 4.79 Å². The van der Waals surface area contributed by atoms with Crippen LogP contribution in [0.4, 0.5) is 0 Å². The number of rotatable bonds is 3. The van der Waals surface area contributed by atoms with Gasteiger partial charge in [0.05, 0.1) is 6.20 Å². The fourth-order valence-corrected chi connectivity index (χ4v) is 3.49. The molecule has 3 aromatic rings. The van der Waals surface area contributed by atoms with Gasteiger partial charge in [0.1, 0.15) is 5.76 Å². The highest BCUT2D eigenvalue weighted by Crippen LogP contribution is 2.15. The summed E-state index contributed by atoms with van der Waals surface area (Å²) in [6.07, 6.45) is 5.36. The first-order valence-electron chi connectivity index (χ1n) is 8.36. The summed E-state index contributed by atoms with van der Waals surface area (Å²) in [5.74, 6) is 1.01. The van der Waals surface area contributed by atoms with Gasteiger partial charge >= 0.3 is 11.5 Å². The van der Waals surface area contributed by atoms with Crippen molar-refractivity contribution in [3.8, 4) is 0 Å². The lowest BCUT2D eigenvalue weighted by atomic mass is 10.1. The Morgan fingerprint density at radius 1 is 1.17 bits per heavy atom. The molecule has 0 N–H and O–H groups in total. The predicted octanol–water partition coefficient (Wildman–Crippen LogP) is 0.735. The van der Waals surface area contributed by atoms with Gasteiger partial charge in [-0.1, -0.05) is 6.42 Å². The van der Waals surface area contributed by atoms with Crippen LogP contribution < -0.4 is 11.2 Å². The summed E-state index contributed by atoms with van der Waals surface area (Å²) < 4.78 is 9.84. The molecule has 128 valence electrons. The minimum atomic E-state index is -0.331. The van der Waals surface area contributed by atoms with E-state index in [1.807, 2.05) is 0 Å². The smallest absolute Gasteiger partial charge is 0.332 e. The average molecular weight is 331 g/mol. The van der Waals surface area contributed by atoms with Gasteiger partial charge in [0.15, 0.2) is 11.2 Å². The third kappa shape index (κ3) is 2.29. The number of hydrogen-bond acceptors (Lipinski definition) is 5. The Labute approximate surface area is 137 Å². The van der Waals surface area contributed by atoms with E-state index in [9.17, 15) is 9.59 Å². The molecule has 0 unspecified atom stereocenters. The molecule has 0 bridgehead atoms. The molecule has 3 aromatic heterocycles. The number of imidazole rings is 1. The third-order valence-electron chi connectivity index (χ3n) is 4.80. The van der Waals surface area contributed by atoms with Gasteiger partial charge in [0.2, 0.25) is 0 Å². The summed E-state index contributed by atoms with van der Waals surface area (Å²) in [4.78, 5) is 32.1. The van der Waals surface area contributed by atoms with Gasteiger partial charge in [-0.15, -0.1) is 0 Å². The van der Waals surface area contributed by atoms with Crippen LogP contribution in [0.5, 0.6) is 0 Å². The van der Waals surface area contributed by atoms with Crippen molar-refractivity contribution < 1.29 is 4.42 Å². The number of nitrogens with zero attached hydrogens (tertiary/aromatic N) is 5. The lowest BCUT2D eigenvalue weighted by molar-refractivity contribution is 0.218. The largest absolute Gasteiger partial charge is 0.428 e. The van der Waals surface area contributed by atoms with Crippen molar-refractivity contribution in [2.75, 3.05) is 19.6 Å². The van der Waals surface area contributed by atoms with Crippen molar-refractivity contribution in [2.45, 2.75) is 32.7 Å². The topological polar surface area (TPSA) is 77.7 Å². The predicted molar refractivity (Wildman–Crippen MR) is 89.5 cm³/mol. The summed E-state index contributed by atoms with van der Waals surface area (Å²) in [7, 11) is 1.64. The van der Waals surface area contributed by atoms with Gasteiger partial charge in [-0.3, -0.25) is 18.3 Å². The Bertz CT molecular complexity index is 1020. The molecule has 4 rings (SSSR count). The van der Waals surface area contributed by atoms with Crippen LogP contribution in [0.15, 0.2) is 20.2 Å². The van der Waals surface area contributed by atoms with Gasteiger partial charge < -0.3 is 9.32 Å². The molecule has 8 heteroatoms. The van der Waals surface area contributed by atoms with Crippen molar-refractivity contribution in [3.05, 3.63) is 32.8 Å². The van der Waals surface area contributed by atoms with E-state index in [0.29, 0.717) is 35.9 Å². The Balaban J connectivity index is 1.80. The van der Waals surface area contributed by atoms with Crippen LogP contribution in [0.3, 0.4) is 0 Å². The second-order valence-corrected chi connectivity index (χ2v) is 6.48. The minimum Gasteiger partial charge on any atom is -0.428 e. The molecular formula is C16H21N5O3. The fourth-order valence-electron chi connectivity index (χ4n) is 3.49. The standard InChI is InChI=1S/C16H21N5O3/c1-11-10-21-12-13(17-15(21)24-11)18(2)16(23)20(14(12)22)9-8-19-6-4-3-5-7-19/h10H,3-9H2,1-2H3. The molecule has 0 amide bonds. The highest BCUT2D eigenvalue weighted by Gasteiger charge is 2.19. The first-order valence-corrected chi connectivity index (χ1v) is 8.36. The molecule has 0 aromatic carbocycles. The summed E-state index contributed by atoms with van der Waals surface area (Å²) >= 11 is 0. The molecule has 0 radical (unpaired) electrons. The normalized spacial score (nSPS) is 16.4. The van der Waals surface area contributed by atoms with Crippen molar-refractivity contribution in [2.24, 2.45) is 7.05 Å². The number of aryl methyl sites for hydroxylation is 2. The number of fused-ring (bicyclic) bond motifs is 3. The highest BCUT2D eigenvalue weighted by atomic mass is 16.4. The van der Waals surface area contributed by atoms with Crippen LogP contribution >= 0.6 is 0 Å². The zero-order valence-corrected chi connectivity index (χ0v) is 14.0. The SMILES string of the molecule is Cc1cn2c(nc3c2c(=O)n(CCN2CCCCC2)c(=O)n3C)o1. The minimum absolute atomic E-state index is 0.307. The van der Waals surface area contributed by atoms with Crippen molar-refractivity contribution >= 4 is 17.0 Å². The molecule has 0 spiro atoms. The monoisotopic (exact) mass is 331 g/mol. The molecule has 1 saturated heterocycles. The maximum atomic E-state index is 12.9. The van der Waals surface area contributed by atoms with E-state index in [4.69, 9.17) is 4.42 Å². The second-order valence-electron chi connectivity index (χ2n) is 6.48. The molecule has 1 aliphatic heterocycles. The number of oxazole rings is 1. The lowest BCUT2D eigenvalue weighted by Gasteiger charge is -2.26. The Kier molecular flexibility index (Phi) is 3.56. The van der Waals surface area contributed by atoms with Crippen LogP contribution in [0.2, 0.25) is 0 Å². The van der Waals surface area contributed by atoms with Gasteiger partial charge in [-0.2, -0.15) is 4.98 Å². The maximum Gasteiger partial charge on any atom is 0.332 e. The first kappa shape index (κ1) is 15.2. The summed E-state index contributed by atoms with van der Waals surface area (Å²) in [6.45, 7) is 4.99. The second kappa shape index (κ2) is 5.62. The van der Waals surface area contributed by atoms with Crippen LogP contribution in [0, 0.1) is 6.92 Å². The van der Waals surface area contributed by atoms with E-state index in [1.165, 1.54) is 28.4 Å². The number of piperidine rings is 1. The quantitative estimate of drug-likeness (QED) is 0.707. The molecule has 0 saturated carbocycles. The van der Waals surface area contributed by atoms with Crippen LogP contribution in [0.25, 0.3) is 17.0 Å². The molecule has 8 nitrogen and oxygen atoms in total. The van der Waals surface area contributed by atoms with Gasteiger partial charge in [0, 0.05) is 20.1 Å². The van der Waals surface area contributed by atoms with Gasteiger partial charge in [-0.05, 0) is 32.9 Å². The zero-order chi connectivity index (χ0) is 16.8. The van der Waals surface area contributed by atoms with E-state index in [2.05, 4.69) is 9.88 Å². The highest BCUT2D eigenvalue weighted by molar-refractivity contribution is 5.74. The third-order valence-corrected chi connectivity index (χ3v) is 4.80. The Morgan fingerprint density at radius 2 is 1.92 bits per heavy atom. The molecule has 1 aliphatic rings. The number of likely N-dealkylation sites (tertiary alicyclic amines) is 1. The lowest BCUT2D eigenvalue weighted by Crippen LogP contribution is -2.43. The van der Waals surface area contributed by atoms with Gasteiger partial charge in [0.25, 0.3) is 5.56 Å². The Morgan fingerprint density at radius 3 is 2.67 bits per heavy atom. The van der Waals surface area contributed by atoms with Crippen LogP contribution in [0.1, 0.15) is 25.0 Å². The van der Waals surface area contributed by atoms with E-state index in [1.54, 1.807) is 24.6 Å². The summed E-state index contributed by atoms with van der Waals surface area (Å²) in [5, 5.41) is 0. The van der Waals surface area contributed by atoms with E-state index in [-0.39, 0.29) is 11.2 Å². The Hall–Kier alpha value is -2.35. The van der Waals surface area contributed by atoms with Crippen molar-refractivity contribution in [3.63, 3.8) is 0 Å². The molecule has 0 aliphatic carbocycles. The molecule has 1 fully saturated rings. The fraction of sp³-hybridized carbons (Fsp3) is 0.562. The van der Waals surface area contributed by atoms with E-state index >= 15 is 0 Å². The average Bonchev–Trinajstić information content (AvgIpc) is 3.09.